The van der Waals surface area contributed by atoms with Crippen LogP contribution in [0.3, 0.4) is 0 Å². The van der Waals surface area contributed by atoms with Crippen LogP contribution in [0.5, 0.6) is 17.2 Å². The molecule has 1 atom stereocenters. The molecule has 0 saturated heterocycles. The van der Waals surface area contributed by atoms with Gasteiger partial charge < -0.3 is 81.3 Å². The number of fused-ring (bicyclic) bond motifs is 1. The molecular formula is C62H81FN12O9. The Hall–Kier alpha value is -9.29. The van der Waals surface area contributed by atoms with Gasteiger partial charge in [-0.2, -0.15) is 0 Å². The monoisotopic (exact) mass is 1160 g/mol. The van der Waals surface area contributed by atoms with Crippen LogP contribution in [0.4, 0.5) is 38.5 Å². The minimum Gasteiger partial charge on any atom is -0.508 e. The van der Waals surface area contributed by atoms with Crippen molar-refractivity contribution in [3.63, 3.8) is 0 Å². The van der Waals surface area contributed by atoms with E-state index in [0.29, 0.717) is 18.0 Å². The number of nitrogens with two attached hydrogens (primary N) is 6. The fourth-order valence-electron chi connectivity index (χ4n) is 6.62. The van der Waals surface area contributed by atoms with Gasteiger partial charge in [-0.25, -0.2) is 4.39 Å². The van der Waals surface area contributed by atoms with Crippen molar-refractivity contribution in [3.8, 4) is 17.2 Å². The summed E-state index contributed by atoms with van der Waals surface area (Å²) in [5, 5.41) is 38.3. The highest BCUT2D eigenvalue weighted by Crippen LogP contribution is 2.23. The molecule has 0 amide bonds. The van der Waals surface area contributed by atoms with Crippen LogP contribution in [0.1, 0.15) is 20.3 Å². The molecule has 21 nitrogen and oxygen atoms in total. The number of phenols is 2. The number of Topliss-reactive ketones (excluding diaryl/α,β-unsaturated/α-hetero) is 6. The number of ketones is 6. The number of rotatable bonds is 27. The molecule has 0 heterocycles. The van der Waals surface area contributed by atoms with E-state index >= 15 is 0 Å². The van der Waals surface area contributed by atoms with E-state index in [1.54, 1.807) is 60.7 Å². The molecule has 7 aromatic rings. The second kappa shape index (κ2) is 42.5. The number of benzene rings is 7. The fourth-order valence-corrected chi connectivity index (χ4v) is 6.62. The van der Waals surface area contributed by atoms with Gasteiger partial charge in [-0.3, -0.25) is 28.8 Å². The highest BCUT2D eigenvalue weighted by atomic mass is 19.1. The van der Waals surface area contributed by atoms with Gasteiger partial charge in [0.2, 0.25) is 0 Å². The molecule has 0 aliphatic carbocycles. The number of hydrogen-bond acceptors (Lipinski definition) is 21. The van der Waals surface area contributed by atoms with E-state index in [9.17, 15) is 38.3 Å². The summed E-state index contributed by atoms with van der Waals surface area (Å²) in [5.74, 6) is 0.695. The molecule has 22 heteroatoms. The van der Waals surface area contributed by atoms with Crippen molar-refractivity contribution in [2.75, 3.05) is 110 Å². The summed E-state index contributed by atoms with van der Waals surface area (Å²) < 4.78 is 17.7. The van der Waals surface area contributed by atoms with Crippen LogP contribution in [0.15, 0.2) is 170 Å². The van der Waals surface area contributed by atoms with Gasteiger partial charge in [0, 0.05) is 33.8 Å². The summed E-state index contributed by atoms with van der Waals surface area (Å²) in [6, 6.07) is 50.0. The van der Waals surface area contributed by atoms with Crippen molar-refractivity contribution < 1.29 is 48.1 Å². The van der Waals surface area contributed by atoms with Crippen LogP contribution >= 0.6 is 0 Å². The molecule has 84 heavy (non-hydrogen) atoms. The van der Waals surface area contributed by atoms with Crippen molar-refractivity contribution in [3.05, 3.63) is 176 Å². The number of ether oxygens (including phenoxy) is 1. The number of carbonyl (C=O) groups excluding carboxylic acids is 6. The Morgan fingerprint density at radius 3 is 1.31 bits per heavy atom. The average molecular weight is 1160 g/mol. The van der Waals surface area contributed by atoms with E-state index in [-0.39, 0.29) is 130 Å². The molecular weight excluding hydrogens is 1080 g/mol. The zero-order valence-electron chi connectivity index (χ0n) is 47.5. The standard InChI is InChI=1S/C13H14N2O.C11H16N2O2.C11H16N2O.C9H11FN2O.2C9H12N2O2/c14-8-11(16)9-15-13-7-3-5-10-4-1-2-6-12(10)13;1-2-15-11-5-3-9(4-6-11)13-8-10(14)7-12;1-2-10(11(14)8-12)13-9-6-4-3-5-7-9;10-7-1-3-8(4-2-7)12-6-9(13)5-11;10-5-9(13)6-11-7-1-3-8(12)4-2-7;10-5-7(12)6-11-8-3-1-2-4-9(8)13/h1-7,15H,8-9,14H2;3-6,13H,2,7-8,12H2,1H3;3-7,10,13H,2,8,12H2,1H3;1-4,12H,5-6,11H2;1-4,11-12H,5-6,10H2;1-4,11,13H,5-6,10H2. The van der Waals surface area contributed by atoms with Crippen molar-refractivity contribution in [2.45, 2.75) is 26.3 Å². The van der Waals surface area contributed by atoms with Crippen LogP contribution in [0.2, 0.25) is 0 Å². The van der Waals surface area contributed by atoms with E-state index < -0.39 is 0 Å². The molecule has 0 fully saturated rings. The second-order valence-electron chi connectivity index (χ2n) is 17.7. The summed E-state index contributed by atoms with van der Waals surface area (Å²) in [5.41, 5.74) is 36.0. The largest absolute Gasteiger partial charge is 0.508 e. The molecule has 7 aromatic carbocycles. The van der Waals surface area contributed by atoms with Crippen molar-refractivity contribution >= 4 is 79.6 Å². The van der Waals surface area contributed by atoms with Crippen molar-refractivity contribution in [1.29, 1.82) is 0 Å². The predicted octanol–water partition coefficient (Wildman–Crippen LogP) is 5.64. The number of anilines is 6. The van der Waals surface area contributed by atoms with Gasteiger partial charge in [-0.1, -0.05) is 73.7 Å². The highest BCUT2D eigenvalue weighted by Gasteiger charge is 2.14. The summed E-state index contributed by atoms with van der Waals surface area (Å²) in [6.07, 6.45) is 0.755. The lowest BCUT2D eigenvalue weighted by molar-refractivity contribution is -0.119. The minimum atomic E-state index is -0.296. The van der Waals surface area contributed by atoms with E-state index in [2.05, 4.69) is 31.9 Å². The van der Waals surface area contributed by atoms with Gasteiger partial charge in [0.1, 0.15) is 23.1 Å². The topological polar surface area (TPSA) is 380 Å². The quantitative estimate of drug-likeness (QED) is 0.0219. The molecule has 7 rings (SSSR count). The molecule has 1 unspecified atom stereocenters. The summed E-state index contributed by atoms with van der Waals surface area (Å²) in [6.45, 7) is 5.99. The smallest absolute Gasteiger partial charge is 0.168 e. The van der Waals surface area contributed by atoms with E-state index in [1.165, 1.54) is 12.1 Å². The average Bonchev–Trinajstić information content (AvgIpc) is 3.72. The van der Waals surface area contributed by atoms with Gasteiger partial charge in [-0.05, 0) is 122 Å². The molecule has 450 valence electrons. The van der Waals surface area contributed by atoms with Crippen LogP contribution < -0.4 is 71.0 Å². The van der Waals surface area contributed by atoms with Gasteiger partial charge in [0.05, 0.1) is 90.3 Å². The van der Waals surface area contributed by atoms with Crippen molar-refractivity contribution in [1.82, 2.24) is 0 Å². The van der Waals surface area contributed by atoms with E-state index in [4.69, 9.17) is 44.2 Å². The third-order valence-corrected chi connectivity index (χ3v) is 11.2. The van der Waals surface area contributed by atoms with Crippen LogP contribution in [-0.4, -0.2) is 130 Å². The molecule has 0 aliphatic rings. The molecule has 0 spiro atoms. The number of hydrogen-bond donors (Lipinski definition) is 14. The number of aromatic hydroxyl groups is 2. The van der Waals surface area contributed by atoms with Crippen LogP contribution in [0, 0.1) is 5.82 Å². The summed E-state index contributed by atoms with van der Waals surface area (Å²) in [4.78, 5) is 65.9. The lowest BCUT2D eigenvalue weighted by Crippen LogP contribution is -2.33. The maximum Gasteiger partial charge on any atom is 0.168 e. The second-order valence-corrected chi connectivity index (χ2v) is 17.7. The summed E-state index contributed by atoms with van der Waals surface area (Å²) >= 11 is 0. The Labute approximate surface area is 490 Å². The normalized spacial score (nSPS) is 10.2. The Bertz CT molecular complexity index is 2950. The number of para-hydroxylation sites is 3. The molecule has 0 aromatic heterocycles. The van der Waals surface area contributed by atoms with E-state index in [1.807, 2.05) is 111 Å². The SMILES string of the molecule is CCC(Nc1ccccc1)C(=O)CN.CCOc1ccc(NCC(=O)CN)cc1.NCC(=O)CNc1ccc(F)cc1.NCC(=O)CNc1ccc(O)cc1.NCC(=O)CNc1cccc2ccccc12.NCC(=O)CNc1ccccc1O. The lowest BCUT2D eigenvalue weighted by Gasteiger charge is -2.15. The highest BCUT2D eigenvalue weighted by molar-refractivity contribution is 5.95. The maximum atomic E-state index is 12.4. The lowest BCUT2D eigenvalue weighted by atomic mass is 10.1. The minimum absolute atomic E-state index is 0.00735. The zero-order chi connectivity index (χ0) is 61.9. The predicted molar refractivity (Wildman–Crippen MR) is 335 cm³/mol. The molecule has 0 radical (unpaired) electrons. The number of nitrogens with one attached hydrogen (secondary N) is 6. The van der Waals surface area contributed by atoms with Gasteiger partial charge in [-0.15, -0.1) is 0 Å². The first-order chi connectivity index (χ1) is 40.5. The Balaban J connectivity index is 0.000000345. The number of halogens is 1. The molecule has 20 N–H and O–H groups in total. The Morgan fingerprint density at radius 1 is 0.440 bits per heavy atom. The van der Waals surface area contributed by atoms with E-state index in [0.717, 1.165) is 45.7 Å². The van der Waals surface area contributed by atoms with Gasteiger partial charge in [0.15, 0.2) is 34.7 Å². The fraction of sp³-hybridized carbons (Fsp3) is 0.258. The van der Waals surface area contributed by atoms with Crippen molar-refractivity contribution in [2.24, 2.45) is 34.4 Å². The van der Waals surface area contributed by atoms with Crippen LogP contribution in [0.25, 0.3) is 10.8 Å². The molecule has 0 aliphatic heterocycles. The number of phenolic OH excluding ortho intramolecular Hbond substituents is 2. The first-order valence-corrected chi connectivity index (χ1v) is 26.9. The van der Waals surface area contributed by atoms with Crippen LogP contribution in [-0.2, 0) is 28.8 Å². The maximum absolute atomic E-state index is 12.4. The first-order valence-electron chi connectivity index (χ1n) is 26.9. The zero-order valence-corrected chi connectivity index (χ0v) is 47.5. The molecule has 0 saturated carbocycles. The third kappa shape index (κ3) is 30.5. The Kier molecular flexibility index (Phi) is 35.9. The molecule has 0 bridgehead atoms. The van der Waals surface area contributed by atoms with Gasteiger partial charge >= 0.3 is 0 Å². The summed E-state index contributed by atoms with van der Waals surface area (Å²) in [7, 11) is 0. The Morgan fingerprint density at radius 2 is 0.845 bits per heavy atom. The third-order valence-electron chi connectivity index (χ3n) is 11.2. The number of carbonyl (C=O) groups is 6. The van der Waals surface area contributed by atoms with Gasteiger partial charge in [0.25, 0.3) is 0 Å². The first kappa shape index (κ1) is 70.8.